The molecule has 5 heteroatoms. The summed E-state index contributed by atoms with van der Waals surface area (Å²) in [5.41, 5.74) is 1.90. The first-order chi connectivity index (χ1) is 11.5. The van der Waals surface area contributed by atoms with Crippen molar-refractivity contribution in [2.45, 2.75) is 26.3 Å². The lowest BCUT2D eigenvalue weighted by molar-refractivity contribution is 0.414. The lowest BCUT2D eigenvalue weighted by Crippen LogP contribution is -2.33. The molecule has 1 atom stereocenters. The van der Waals surface area contributed by atoms with Gasteiger partial charge in [0.1, 0.15) is 11.6 Å². The van der Waals surface area contributed by atoms with Crippen LogP contribution in [0.5, 0.6) is 5.75 Å². The Morgan fingerprint density at radius 2 is 1.71 bits per heavy atom. The number of benzene rings is 2. The van der Waals surface area contributed by atoms with E-state index in [9.17, 15) is 4.39 Å². The van der Waals surface area contributed by atoms with E-state index < -0.39 is 0 Å². The molecule has 0 aromatic heterocycles. The molecular formula is C19H23FN2OS. The number of nitrogens with one attached hydrogen (secondary N) is 2. The summed E-state index contributed by atoms with van der Waals surface area (Å²) < 4.78 is 18.2. The van der Waals surface area contributed by atoms with Gasteiger partial charge in [0, 0.05) is 5.69 Å². The summed E-state index contributed by atoms with van der Waals surface area (Å²) in [6, 6.07) is 14.2. The zero-order valence-corrected chi connectivity index (χ0v) is 15.0. The second-order valence-electron chi connectivity index (χ2n) is 6.06. The molecule has 0 aliphatic rings. The van der Waals surface area contributed by atoms with Gasteiger partial charge >= 0.3 is 0 Å². The van der Waals surface area contributed by atoms with Gasteiger partial charge in [0.25, 0.3) is 0 Å². The van der Waals surface area contributed by atoms with E-state index >= 15 is 0 Å². The predicted octanol–water partition coefficient (Wildman–Crippen LogP) is 4.91. The molecule has 0 bridgehead atoms. The van der Waals surface area contributed by atoms with E-state index in [1.807, 2.05) is 24.3 Å². The molecule has 0 radical (unpaired) electrons. The van der Waals surface area contributed by atoms with Crippen molar-refractivity contribution in [2.75, 3.05) is 12.4 Å². The molecule has 0 saturated heterocycles. The first kappa shape index (κ1) is 18.2. The van der Waals surface area contributed by atoms with Gasteiger partial charge in [-0.05, 0) is 66.5 Å². The van der Waals surface area contributed by atoms with Crippen LogP contribution in [0, 0.1) is 11.7 Å². The van der Waals surface area contributed by atoms with Crippen molar-refractivity contribution in [3.8, 4) is 5.75 Å². The van der Waals surface area contributed by atoms with Crippen LogP contribution < -0.4 is 15.4 Å². The molecule has 0 aliphatic heterocycles. The van der Waals surface area contributed by atoms with Crippen molar-refractivity contribution >= 4 is 23.0 Å². The Morgan fingerprint density at radius 3 is 2.25 bits per heavy atom. The van der Waals surface area contributed by atoms with E-state index in [1.54, 1.807) is 19.2 Å². The van der Waals surface area contributed by atoms with Crippen molar-refractivity contribution in [3.63, 3.8) is 0 Å². The Bertz CT molecular complexity index is 656. The zero-order valence-electron chi connectivity index (χ0n) is 14.2. The van der Waals surface area contributed by atoms with Gasteiger partial charge in [0.15, 0.2) is 5.11 Å². The molecular weight excluding hydrogens is 323 g/mol. The quantitative estimate of drug-likeness (QED) is 0.728. The van der Waals surface area contributed by atoms with Crippen molar-refractivity contribution in [1.82, 2.24) is 5.32 Å². The Kier molecular flexibility index (Phi) is 6.55. The van der Waals surface area contributed by atoms with Gasteiger partial charge in [-0.3, -0.25) is 0 Å². The number of ether oxygens (including phenoxy) is 1. The first-order valence-electron chi connectivity index (χ1n) is 7.95. The summed E-state index contributed by atoms with van der Waals surface area (Å²) in [5.74, 6) is 1.07. The average molecular weight is 346 g/mol. The van der Waals surface area contributed by atoms with Crippen LogP contribution in [0.25, 0.3) is 0 Å². The number of rotatable bonds is 6. The van der Waals surface area contributed by atoms with E-state index in [0.29, 0.717) is 11.0 Å². The molecule has 0 amide bonds. The number of methoxy groups -OCH3 is 1. The third kappa shape index (κ3) is 5.49. The molecule has 0 saturated carbocycles. The van der Waals surface area contributed by atoms with E-state index in [-0.39, 0.29) is 11.9 Å². The highest BCUT2D eigenvalue weighted by atomic mass is 32.1. The molecule has 2 aromatic carbocycles. The number of thiocarbonyl (C=S) groups is 1. The smallest absolute Gasteiger partial charge is 0.171 e. The molecule has 3 nitrogen and oxygen atoms in total. The molecule has 0 aliphatic carbocycles. The SMILES string of the molecule is COc1ccc(C(CC(C)C)NC(=S)Nc2ccc(F)cc2)cc1. The van der Waals surface area contributed by atoms with E-state index in [2.05, 4.69) is 24.5 Å². The normalized spacial score (nSPS) is 11.9. The Labute approximate surface area is 148 Å². The molecule has 2 N–H and O–H groups in total. The number of halogens is 1. The Balaban J connectivity index is 2.06. The maximum atomic E-state index is 13.0. The van der Waals surface area contributed by atoms with Crippen molar-refractivity contribution in [1.29, 1.82) is 0 Å². The van der Waals surface area contributed by atoms with Crippen LogP contribution in [0.2, 0.25) is 0 Å². The van der Waals surface area contributed by atoms with Gasteiger partial charge in [0.05, 0.1) is 13.2 Å². The van der Waals surface area contributed by atoms with Gasteiger partial charge < -0.3 is 15.4 Å². The van der Waals surface area contributed by atoms with Crippen LogP contribution in [0.3, 0.4) is 0 Å². The van der Waals surface area contributed by atoms with Gasteiger partial charge in [-0.2, -0.15) is 0 Å². The second kappa shape index (κ2) is 8.64. The summed E-state index contributed by atoms with van der Waals surface area (Å²) in [6.07, 6.45) is 0.942. The van der Waals surface area contributed by atoms with E-state index in [0.717, 1.165) is 23.4 Å². The lowest BCUT2D eigenvalue weighted by Gasteiger charge is -2.23. The molecule has 2 rings (SSSR count). The highest BCUT2D eigenvalue weighted by molar-refractivity contribution is 7.80. The molecule has 2 aromatic rings. The van der Waals surface area contributed by atoms with Crippen molar-refractivity contribution in [2.24, 2.45) is 5.92 Å². The number of anilines is 1. The highest BCUT2D eigenvalue weighted by Gasteiger charge is 2.15. The van der Waals surface area contributed by atoms with Crippen LogP contribution in [-0.2, 0) is 0 Å². The standard InChI is InChI=1S/C19H23FN2OS/c1-13(2)12-18(14-4-10-17(23-3)11-5-14)22-19(24)21-16-8-6-15(20)7-9-16/h4-11,13,18H,12H2,1-3H3,(H2,21,22,24). The van der Waals surface area contributed by atoms with Crippen molar-refractivity contribution < 1.29 is 9.13 Å². The van der Waals surface area contributed by atoms with E-state index in [1.165, 1.54) is 12.1 Å². The minimum atomic E-state index is -0.268. The monoisotopic (exact) mass is 346 g/mol. The second-order valence-corrected chi connectivity index (χ2v) is 6.47. The molecule has 128 valence electrons. The molecule has 0 spiro atoms. The fourth-order valence-corrected chi connectivity index (χ4v) is 2.70. The summed E-state index contributed by atoms with van der Waals surface area (Å²) in [4.78, 5) is 0. The van der Waals surface area contributed by atoms with Gasteiger partial charge in [-0.25, -0.2) is 4.39 Å². The van der Waals surface area contributed by atoms with Crippen LogP contribution >= 0.6 is 12.2 Å². The number of hydrogen-bond donors (Lipinski definition) is 2. The summed E-state index contributed by atoms with van der Waals surface area (Å²) in [7, 11) is 1.65. The van der Waals surface area contributed by atoms with Gasteiger partial charge in [0.2, 0.25) is 0 Å². The summed E-state index contributed by atoms with van der Waals surface area (Å²) >= 11 is 5.41. The highest BCUT2D eigenvalue weighted by Crippen LogP contribution is 2.23. The Hall–Kier alpha value is -2.14. The zero-order chi connectivity index (χ0) is 17.5. The fraction of sp³-hybridized carbons (Fsp3) is 0.316. The average Bonchev–Trinajstić information content (AvgIpc) is 2.56. The third-order valence-corrected chi connectivity index (χ3v) is 3.85. The predicted molar refractivity (Wildman–Crippen MR) is 101 cm³/mol. The Morgan fingerprint density at radius 1 is 1.08 bits per heavy atom. The number of hydrogen-bond acceptors (Lipinski definition) is 2. The first-order valence-corrected chi connectivity index (χ1v) is 8.36. The summed E-state index contributed by atoms with van der Waals surface area (Å²) in [6.45, 7) is 4.35. The van der Waals surface area contributed by atoms with Gasteiger partial charge in [-0.15, -0.1) is 0 Å². The minimum Gasteiger partial charge on any atom is -0.497 e. The van der Waals surface area contributed by atoms with Crippen LogP contribution in [0.4, 0.5) is 10.1 Å². The summed E-state index contributed by atoms with van der Waals surface area (Å²) in [5, 5.41) is 6.96. The molecule has 0 fully saturated rings. The van der Waals surface area contributed by atoms with E-state index in [4.69, 9.17) is 17.0 Å². The largest absolute Gasteiger partial charge is 0.497 e. The fourth-order valence-electron chi connectivity index (χ4n) is 2.44. The maximum Gasteiger partial charge on any atom is 0.171 e. The van der Waals surface area contributed by atoms with Crippen LogP contribution in [0.1, 0.15) is 31.9 Å². The van der Waals surface area contributed by atoms with Crippen LogP contribution in [-0.4, -0.2) is 12.2 Å². The third-order valence-electron chi connectivity index (χ3n) is 3.63. The minimum absolute atomic E-state index is 0.0938. The maximum absolute atomic E-state index is 13.0. The van der Waals surface area contributed by atoms with Crippen molar-refractivity contribution in [3.05, 3.63) is 59.9 Å². The van der Waals surface area contributed by atoms with Gasteiger partial charge in [-0.1, -0.05) is 26.0 Å². The molecule has 24 heavy (non-hydrogen) atoms. The van der Waals surface area contributed by atoms with Crippen LogP contribution in [0.15, 0.2) is 48.5 Å². The molecule has 0 heterocycles. The topological polar surface area (TPSA) is 33.3 Å². The lowest BCUT2D eigenvalue weighted by atomic mass is 9.97. The molecule has 1 unspecified atom stereocenters.